The van der Waals surface area contributed by atoms with E-state index >= 15 is 0 Å². The van der Waals surface area contributed by atoms with Gasteiger partial charge in [-0.1, -0.05) is 52.4 Å². The van der Waals surface area contributed by atoms with Gasteiger partial charge in [0.05, 0.1) is 5.92 Å². The van der Waals surface area contributed by atoms with E-state index in [-0.39, 0.29) is 17.8 Å². The number of allylic oxidation sites excluding steroid dienone is 6. The summed E-state index contributed by atoms with van der Waals surface area (Å²) in [6.45, 7) is 0. The SMILES string of the molecule is O=C1OC2=C(CC3C(=C2)N(c2ccccc2)c2ccc(Br)cc23)C2=CC=CCC12. The third-order valence-corrected chi connectivity index (χ3v) is 6.72. The lowest BCUT2D eigenvalue weighted by molar-refractivity contribution is -0.143. The Hall–Kier alpha value is -2.85. The average Bonchev–Trinajstić information content (AvgIpc) is 3.06. The van der Waals surface area contributed by atoms with E-state index in [1.807, 2.05) is 12.1 Å². The first-order valence-corrected chi connectivity index (χ1v) is 10.7. The lowest BCUT2D eigenvalue weighted by Gasteiger charge is -2.34. The molecule has 0 fully saturated rings. The fraction of sp³-hybridized carbons (Fsp3) is 0.160. The van der Waals surface area contributed by atoms with Crippen molar-refractivity contribution in [3.8, 4) is 0 Å². The van der Waals surface area contributed by atoms with Crippen LogP contribution >= 0.6 is 15.9 Å². The van der Waals surface area contributed by atoms with Crippen LogP contribution in [0.2, 0.25) is 0 Å². The molecule has 142 valence electrons. The summed E-state index contributed by atoms with van der Waals surface area (Å²) in [7, 11) is 0. The molecule has 2 unspecified atom stereocenters. The van der Waals surface area contributed by atoms with Crippen molar-refractivity contribution >= 4 is 33.3 Å². The Kier molecular flexibility index (Phi) is 3.72. The maximum atomic E-state index is 12.6. The summed E-state index contributed by atoms with van der Waals surface area (Å²) in [5.41, 5.74) is 7.09. The maximum absolute atomic E-state index is 12.6. The number of para-hydroxylation sites is 1. The van der Waals surface area contributed by atoms with E-state index in [2.05, 4.69) is 81.5 Å². The normalized spacial score (nSPS) is 24.2. The molecule has 2 aromatic carbocycles. The number of esters is 1. The summed E-state index contributed by atoms with van der Waals surface area (Å²) in [6, 6.07) is 16.9. The van der Waals surface area contributed by atoms with Crippen LogP contribution in [0.5, 0.6) is 0 Å². The van der Waals surface area contributed by atoms with Crippen LogP contribution in [0.4, 0.5) is 11.4 Å². The number of hydrogen-bond donors (Lipinski definition) is 0. The van der Waals surface area contributed by atoms with Crippen LogP contribution in [0.1, 0.15) is 24.3 Å². The standard InChI is InChI=1S/C25H18BrNO2/c26-15-10-11-22-19(12-15)20-13-21-17-8-4-5-9-18(17)25(28)29-24(21)14-23(20)27(22)16-6-2-1-3-7-16/h1-8,10-12,14,18,20H,9,13H2. The zero-order chi connectivity index (χ0) is 19.5. The quantitative estimate of drug-likeness (QED) is 0.485. The molecule has 2 aliphatic carbocycles. The highest BCUT2D eigenvalue weighted by molar-refractivity contribution is 9.10. The van der Waals surface area contributed by atoms with E-state index in [0.29, 0.717) is 5.76 Å². The van der Waals surface area contributed by atoms with Crippen LogP contribution < -0.4 is 4.90 Å². The largest absolute Gasteiger partial charge is 0.426 e. The second-order valence-electron chi connectivity index (χ2n) is 7.80. The third-order valence-electron chi connectivity index (χ3n) is 6.22. The van der Waals surface area contributed by atoms with Gasteiger partial charge in [-0.25, -0.2) is 0 Å². The minimum Gasteiger partial charge on any atom is -0.426 e. The van der Waals surface area contributed by atoms with Gasteiger partial charge in [0.25, 0.3) is 0 Å². The van der Waals surface area contributed by atoms with Crippen molar-refractivity contribution in [3.63, 3.8) is 0 Å². The molecule has 0 radical (unpaired) electrons. The molecule has 4 heteroatoms. The van der Waals surface area contributed by atoms with E-state index in [1.54, 1.807) is 0 Å². The fourth-order valence-corrected chi connectivity index (χ4v) is 5.31. The van der Waals surface area contributed by atoms with Crippen molar-refractivity contribution in [2.75, 3.05) is 4.90 Å². The first kappa shape index (κ1) is 17.0. The number of hydrogen-bond acceptors (Lipinski definition) is 3. The molecule has 4 aliphatic rings. The Morgan fingerprint density at radius 2 is 1.93 bits per heavy atom. The van der Waals surface area contributed by atoms with E-state index in [1.165, 1.54) is 22.5 Å². The predicted molar refractivity (Wildman–Crippen MR) is 117 cm³/mol. The van der Waals surface area contributed by atoms with Crippen molar-refractivity contribution in [1.29, 1.82) is 0 Å². The molecule has 0 amide bonds. The minimum atomic E-state index is -0.165. The van der Waals surface area contributed by atoms with Crippen LogP contribution in [0.3, 0.4) is 0 Å². The summed E-state index contributed by atoms with van der Waals surface area (Å²) in [5, 5.41) is 0. The highest BCUT2D eigenvalue weighted by Crippen LogP contribution is 2.55. The van der Waals surface area contributed by atoms with Crippen LogP contribution in [-0.4, -0.2) is 5.97 Å². The first-order valence-electron chi connectivity index (χ1n) is 9.89. The minimum absolute atomic E-state index is 0.140. The number of anilines is 2. The first-order chi connectivity index (χ1) is 14.2. The molecule has 6 rings (SSSR count). The topological polar surface area (TPSA) is 29.5 Å². The molecule has 2 aromatic rings. The Labute approximate surface area is 177 Å². The fourth-order valence-electron chi connectivity index (χ4n) is 4.93. The maximum Gasteiger partial charge on any atom is 0.319 e. The van der Waals surface area contributed by atoms with E-state index in [0.717, 1.165) is 28.6 Å². The summed E-state index contributed by atoms with van der Waals surface area (Å²) in [5.74, 6) is 0.652. The van der Waals surface area contributed by atoms with Gasteiger partial charge in [0, 0.05) is 39.1 Å². The Bertz CT molecular complexity index is 1170. The molecule has 0 N–H and O–H groups in total. The number of fused-ring (bicyclic) bond motifs is 5. The number of ether oxygens (including phenoxy) is 1. The molecule has 2 heterocycles. The van der Waals surface area contributed by atoms with E-state index in [4.69, 9.17) is 4.74 Å². The highest BCUT2D eigenvalue weighted by atomic mass is 79.9. The number of carbonyl (C=O) groups is 1. The summed E-state index contributed by atoms with van der Waals surface area (Å²) >= 11 is 3.65. The third kappa shape index (κ3) is 2.52. The Balaban J connectivity index is 1.55. The molecule has 2 aliphatic heterocycles. The van der Waals surface area contributed by atoms with Gasteiger partial charge in [-0.05, 0) is 54.3 Å². The second-order valence-corrected chi connectivity index (χ2v) is 8.72. The van der Waals surface area contributed by atoms with Crippen molar-refractivity contribution in [1.82, 2.24) is 0 Å². The molecule has 0 bridgehead atoms. The zero-order valence-electron chi connectivity index (χ0n) is 15.6. The molecule has 0 saturated carbocycles. The Morgan fingerprint density at radius 1 is 1.07 bits per heavy atom. The van der Waals surface area contributed by atoms with Gasteiger partial charge in [-0.2, -0.15) is 0 Å². The van der Waals surface area contributed by atoms with Crippen LogP contribution in [0.25, 0.3) is 0 Å². The molecule has 0 spiro atoms. The van der Waals surface area contributed by atoms with Crippen molar-refractivity contribution in [3.05, 3.63) is 105 Å². The number of nitrogens with zero attached hydrogens (tertiary/aromatic N) is 1. The van der Waals surface area contributed by atoms with Crippen LogP contribution in [0.15, 0.2) is 99.9 Å². The van der Waals surface area contributed by atoms with E-state index < -0.39 is 0 Å². The molecule has 0 saturated heterocycles. The van der Waals surface area contributed by atoms with Gasteiger partial charge in [-0.3, -0.25) is 4.79 Å². The lowest BCUT2D eigenvalue weighted by Crippen LogP contribution is -2.30. The van der Waals surface area contributed by atoms with Crippen LogP contribution in [0, 0.1) is 5.92 Å². The lowest BCUT2D eigenvalue weighted by atomic mass is 9.77. The summed E-state index contributed by atoms with van der Waals surface area (Å²) in [4.78, 5) is 14.9. The monoisotopic (exact) mass is 443 g/mol. The highest BCUT2D eigenvalue weighted by Gasteiger charge is 2.43. The van der Waals surface area contributed by atoms with Gasteiger partial charge >= 0.3 is 5.97 Å². The summed E-state index contributed by atoms with van der Waals surface area (Å²) < 4.78 is 6.91. The molecular formula is C25H18BrNO2. The Morgan fingerprint density at radius 3 is 2.79 bits per heavy atom. The second kappa shape index (κ2) is 6.33. The van der Waals surface area contributed by atoms with E-state index in [9.17, 15) is 4.79 Å². The van der Waals surface area contributed by atoms with Crippen molar-refractivity contribution < 1.29 is 9.53 Å². The van der Waals surface area contributed by atoms with Gasteiger partial charge in [-0.15, -0.1) is 0 Å². The van der Waals surface area contributed by atoms with Gasteiger partial charge in [0.15, 0.2) is 0 Å². The molecule has 2 atom stereocenters. The van der Waals surface area contributed by atoms with Crippen molar-refractivity contribution in [2.45, 2.75) is 18.8 Å². The average molecular weight is 444 g/mol. The smallest absolute Gasteiger partial charge is 0.319 e. The number of carbonyl (C=O) groups excluding carboxylic acids is 1. The van der Waals surface area contributed by atoms with Gasteiger partial charge in [0.2, 0.25) is 0 Å². The van der Waals surface area contributed by atoms with Gasteiger partial charge in [0.1, 0.15) is 5.76 Å². The number of rotatable bonds is 1. The molecule has 0 aromatic heterocycles. The molecular weight excluding hydrogens is 426 g/mol. The molecule has 3 nitrogen and oxygen atoms in total. The zero-order valence-corrected chi connectivity index (χ0v) is 17.2. The van der Waals surface area contributed by atoms with Gasteiger partial charge < -0.3 is 9.64 Å². The number of benzene rings is 2. The number of halogens is 1. The van der Waals surface area contributed by atoms with Crippen molar-refractivity contribution in [2.24, 2.45) is 5.92 Å². The van der Waals surface area contributed by atoms with Crippen LogP contribution in [-0.2, 0) is 9.53 Å². The predicted octanol–water partition coefficient (Wildman–Crippen LogP) is 6.29. The molecule has 29 heavy (non-hydrogen) atoms. The summed E-state index contributed by atoms with van der Waals surface area (Å²) in [6.07, 6.45) is 9.85.